The first-order valence-corrected chi connectivity index (χ1v) is 13.3. The van der Waals surface area contributed by atoms with E-state index in [4.69, 9.17) is 15.2 Å². The minimum absolute atomic E-state index is 0.0114. The van der Waals surface area contributed by atoms with E-state index in [1.54, 1.807) is 11.3 Å². The summed E-state index contributed by atoms with van der Waals surface area (Å²) in [6.07, 6.45) is 0.693. The summed E-state index contributed by atoms with van der Waals surface area (Å²) in [5.74, 6) is -0.142. The Morgan fingerprint density at radius 2 is 1.79 bits per heavy atom. The van der Waals surface area contributed by atoms with Gasteiger partial charge in [-0.05, 0) is 25.5 Å². The Hall–Kier alpha value is -2.80. The minimum Gasteiger partial charge on any atom is -0.346 e. The maximum atomic E-state index is 12.7. The molecule has 1 N–H and O–H groups in total. The van der Waals surface area contributed by atoms with Crippen molar-refractivity contribution in [1.82, 2.24) is 20.2 Å². The highest BCUT2D eigenvalue weighted by Crippen LogP contribution is 2.33. The Morgan fingerprint density at radius 3 is 2.47 bits per heavy atom. The van der Waals surface area contributed by atoms with E-state index in [9.17, 15) is 4.79 Å². The van der Waals surface area contributed by atoms with Crippen molar-refractivity contribution in [2.45, 2.75) is 26.2 Å². The molecule has 4 rings (SSSR count). The van der Waals surface area contributed by atoms with Crippen LogP contribution in [0.2, 0.25) is 0 Å². The summed E-state index contributed by atoms with van der Waals surface area (Å²) < 4.78 is 0. The molecule has 1 atom stereocenters. The van der Waals surface area contributed by atoms with Gasteiger partial charge in [0.1, 0.15) is 11.6 Å². The zero-order chi connectivity index (χ0) is 24.1. The van der Waals surface area contributed by atoms with Gasteiger partial charge in [0.15, 0.2) is 5.13 Å². The van der Waals surface area contributed by atoms with Crippen molar-refractivity contribution in [1.29, 1.82) is 5.26 Å². The molecule has 0 saturated carbocycles. The number of likely N-dealkylation sites (N-methyl/N-ethyl adjacent to an activating group) is 1. The number of rotatable bonds is 8. The summed E-state index contributed by atoms with van der Waals surface area (Å²) in [6.45, 7) is 8.32. The van der Waals surface area contributed by atoms with Crippen LogP contribution in [0.3, 0.4) is 0 Å². The van der Waals surface area contributed by atoms with Crippen LogP contribution in [0.25, 0.3) is 22.5 Å². The van der Waals surface area contributed by atoms with Gasteiger partial charge in [0.2, 0.25) is 5.91 Å². The van der Waals surface area contributed by atoms with E-state index in [2.05, 4.69) is 53.5 Å². The predicted molar refractivity (Wildman–Crippen MR) is 139 cm³/mol. The van der Waals surface area contributed by atoms with Crippen LogP contribution in [0.1, 0.15) is 31.2 Å². The van der Waals surface area contributed by atoms with E-state index < -0.39 is 0 Å². The van der Waals surface area contributed by atoms with Gasteiger partial charge in [-0.1, -0.05) is 32.0 Å². The first-order valence-electron chi connectivity index (χ1n) is 11.5. The number of piperazine rings is 1. The van der Waals surface area contributed by atoms with Crippen LogP contribution in [0.5, 0.6) is 0 Å². The molecule has 1 aliphatic rings. The fourth-order valence-electron chi connectivity index (χ4n) is 4.00. The maximum absolute atomic E-state index is 12.7. The SMILES string of the molecule is CC(C)CC(C(=O)NCC#N)c1nc(-c2cccc(-c3csc(N4CCN(C)CC4)n3)c2)cs1. The molecule has 9 heteroatoms. The number of nitrogens with one attached hydrogen (secondary N) is 1. The zero-order valence-electron chi connectivity index (χ0n) is 19.8. The summed E-state index contributed by atoms with van der Waals surface area (Å²) in [7, 11) is 2.16. The van der Waals surface area contributed by atoms with Gasteiger partial charge in [0.05, 0.1) is 23.4 Å². The lowest BCUT2D eigenvalue weighted by Gasteiger charge is -2.32. The van der Waals surface area contributed by atoms with Gasteiger partial charge in [-0.3, -0.25) is 4.79 Å². The molecule has 0 bridgehead atoms. The second-order valence-electron chi connectivity index (χ2n) is 9.02. The third-order valence-electron chi connectivity index (χ3n) is 5.91. The molecule has 1 fully saturated rings. The molecular formula is C25H30N6OS2. The second-order valence-corrected chi connectivity index (χ2v) is 10.7. The molecular weight excluding hydrogens is 464 g/mol. The summed E-state index contributed by atoms with van der Waals surface area (Å²) in [6, 6.07) is 10.3. The molecule has 7 nitrogen and oxygen atoms in total. The lowest BCUT2D eigenvalue weighted by molar-refractivity contribution is -0.122. The molecule has 2 aromatic heterocycles. The van der Waals surface area contributed by atoms with Crippen LogP contribution < -0.4 is 10.2 Å². The van der Waals surface area contributed by atoms with E-state index in [0.717, 1.165) is 58.8 Å². The van der Waals surface area contributed by atoms with Gasteiger partial charge in [0, 0.05) is 48.1 Å². The lowest BCUT2D eigenvalue weighted by atomic mass is 9.96. The highest BCUT2D eigenvalue weighted by Gasteiger charge is 2.25. The number of anilines is 1. The van der Waals surface area contributed by atoms with Gasteiger partial charge in [-0.2, -0.15) is 5.26 Å². The van der Waals surface area contributed by atoms with Gasteiger partial charge in [0.25, 0.3) is 0 Å². The number of nitriles is 1. The van der Waals surface area contributed by atoms with Crippen molar-refractivity contribution in [2.24, 2.45) is 5.92 Å². The number of amides is 1. The molecule has 1 amide bonds. The Balaban J connectivity index is 1.53. The number of hydrogen-bond acceptors (Lipinski definition) is 8. The first kappa shape index (κ1) is 24.3. The van der Waals surface area contributed by atoms with E-state index in [-0.39, 0.29) is 18.4 Å². The fourth-order valence-corrected chi connectivity index (χ4v) is 5.83. The first-order chi connectivity index (χ1) is 16.4. The Bertz CT molecular complexity index is 1160. The van der Waals surface area contributed by atoms with Crippen LogP contribution in [0.4, 0.5) is 5.13 Å². The number of hydrogen-bond donors (Lipinski definition) is 1. The fraction of sp³-hybridized carbons (Fsp3) is 0.440. The summed E-state index contributed by atoms with van der Waals surface area (Å²) in [5.41, 5.74) is 3.91. The molecule has 1 saturated heterocycles. The van der Waals surface area contributed by atoms with Crippen molar-refractivity contribution in [3.05, 3.63) is 40.0 Å². The Labute approximate surface area is 209 Å². The molecule has 3 heterocycles. The highest BCUT2D eigenvalue weighted by atomic mass is 32.1. The van der Waals surface area contributed by atoms with Crippen molar-refractivity contribution in [3.8, 4) is 28.6 Å². The second kappa shape index (κ2) is 11.1. The molecule has 0 radical (unpaired) electrons. The average Bonchev–Trinajstić information content (AvgIpc) is 3.52. The van der Waals surface area contributed by atoms with E-state index in [1.165, 1.54) is 11.3 Å². The maximum Gasteiger partial charge on any atom is 0.230 e. The standard InChI is InChI=1S/C25H30N6OS2/c1-17(2)13-20(23(32)27-8-7-26)24-28-21(15-33-24)18-5-4-6-19(14-18)22-16-34-25(29-22)31-11-9-30(3)10-12-31/h4-6,14-17,20H,8-13H2,1-3H3,(H,27,32). The van der Waals surface area contributed by atoms with E-state index >= 15 is 0 Å². The van der Waals surface area contributed by atoms with Crippen LogP contribution in [-0.2, 0) is 4.79 Å². The third-order valence-corrected chi connectivity index (χ3v) is 7.77. The molecule has 178 valence electrons. The van der Waals surface area contributed by atoms with E-state index in [0.29, 0.717) is 12.3 Å². The van der Waals surface area contributed by atoms with Crippen LogP contribution in [-0.4, -0.2) is 60.5 Å². The average molecular weight is 495 g/mol. The molecule has 0 spiro atoms. The smallest absolute Gasteiger partial charge is 0.230 e. The summed E-state index contributed by atoms with van der Waals surface area (Å²) >= 11 is 3.19. The predicted octanol–water partition coefficient (Wildman–Crippen LogP) is 4.45. The van der Waals surface area contributed by atoms with Gasteiger partial charge in [-0.25, -0.2) is 9.97 Å². The quantitative estimate of drug-likeness (QED) is 0.466. The number of thiazole rings is 2. The number of carbonyl (C=O) groups excluding carboxylic acids is 1. The van der Waals surface area contributed by atoms with Gasteiger partial charge < -0.3 is 15.1 Å². The monoisotopic (exact) mass is 494 g/mol. The summed E-state index contributed by atoms with van der Waals surface area (Å²) in [4.78, 5) is 27.1. The van der Waals surface area contributed by atoms with Crippen LogP contribution in [0, 0.1) is 17.2 Å². The molecule has 1 unspecified atom stereocenters. The molecule has 3 aromatic rings. The van der Waals surface area contributed by atoms with Gasteiger partial charge in [-0.15, -0.1) is 22.7 Å². The zero-order valence-corrected chi connectivity index (χ0v) is 21.5. The molecule has 1 aromatic carbocycles. The van der Waals surface area contributed by atoms with Crippen LogP contribution in [0.15, 0.2) is 35.0 Å². The van der Waals surface area contributed by atoms with Crippen LogP contribution >= 0.6 is 22.7 Å². The number of nitrogens with zero attached hydrogens (tertiary/aromatic N) is 5. The largest absolute Gasteiger partial charge is 0.346 e. The van der Waals surface area contributed by atoms with Crippen molar-refractivity contribution in [3.63, 3.8) is 0 Å². The van der Waals surface area contributed by atoms with Crippen molar-refractivity contribution < 1.29 is 4.79 Å². The van der Waals surface area contributed by atoms with E-state index in [1.807, 2.05) is 23.6 Å². The highest BCUT2D eigenvalue weighted by molar-refractivity contribution is 7.14. The summed E-state index contributed by atoms with van der Waals surface area (Å²) in [5, 5.41) is 17.5. The Morgan fingerprint density at radius 1 is 1.12 bits per heavy atom. The minimum atomic E-state index is -0.347. The normalized spacial score (nSPS) is 15.3. The topological polar surface area (TPSA) is 85.1 Å². The lowest BCUT2D eigenvalue weighted by Crippen LogP contribution is -2.44. The van der Waals surface area contributed by atoms with Crippen molar-refractivity contribution >= 4 is 33.7 Å². The Kier molecular flexibility index (Phi) is 7.93. The molecule has 0 aliphatic carbocycles. The van der Waals surface area contributed by atoms with Crippen molar-refractivity contribution in [2.75, 3.05) is 44.7 Å². The number of carbonyl (C=O) groups is 1. The van der Waals surface area contributed by atoms with Gasteiger partial charge >= 0.3 is 0 Å². The number of benzene rings is 1. The molecule has 34 heavy (non-hydrogen) atoms. The molecule has 1 aliphatic heterocycles. The third kappa shape index (κ3) is 5.81. The number of aromatic nitrogens is 2.